The van der Waals surface area contributed by atoms with Crippen LogP contribution in [0.1, 0.15) is 45.8 Å². The molecule has 1 saturated heterocycles. The summed E-state index contributed by atoms with van der Waals surface area (Å²) in [5, 5.41) is 4.08. The molecule has 0 saturated carbocycles. The molecule has 2 aromatic rings. The first-order valence-electron chi connectivity index (χ1n) is 10.7. The van der Waals surface area contributed by atoms with Gasteiger partial charge in [-0.15, -0.1) is 0 Å². The van der Waals surface area contributed by atoms with E-state index in [-0.39, 0.29) is 35.4 Å². The lowest BCUT2D eigenvalue weighted by atomic mass is 9.71. The third-order valence-electron chi connectivity index (χ3n) is 6.18. The van der Waals surface area contributed by atoms with Gasteiger partial charge in [-0.3, -0.25) is 24.5 Å². The molecule has 0 spiro atoms. The molecule has 2 N–H and O–H groups in total. The van der Waals surface area contributed by atoms with Crippen molar-refractivity contribution in [2.75, 3.05) is 0 Å². The molecular weight excluding hydrogens is 487 g/mol. The average Bonchev–Trinajstić information content (AvgIpc) is 3.12. The summed E-state index contributed by atoms with van der Waals surface area (Å²) in [5.41, 5.74) is -1.48. The topological polar surface area (TPSA) is 95.6 Å². The van der Waals surface area contributed by atoms with Crippen LogP contribution in [0, 0.1) is 0 Å². The van der Waals surface area contributed by atoms with Gasteiger partial charge >= 0.3 is 5.92 Å². The number of hydrogen-bond donors (Lipinski definition) is 2. The van der Waals surface area contributed by atoms with E-state index >= 15 is 8.78 Å². The van der Waals surface area contributed by atoms with Crippen molar-refractivity contribution >= 4 is 83.0 Å². The van der Waals surface area contributed by atoms with Crippen molar-refractivity contribution in [1.82, 2.24) is 15.5 Å². The van der Waals surface area contributed by atoms with E-state index in [9.17, 15) is 19.2 Å². The largest absolute Gasteiger partial charge is 0.352 e. The molecule has 2 aromatic carbocycles. The molecule has 14 heteroatoms. The second-order valence-corrected chi connectivity index (χ2v) is 8.90. The van der Waals surface area contributed by atoms with Crippen LogP contribution in [0.4, 0.5) is 8.78 Å². The lowest BCUT2D eigenvalue weighted by Crippen LogP contribution is -2.52. The lowest BCUT2D eigenvalue weighted by Gasteiger charge is -2.29. The predicted octanol–water partition coefficient (Wildman–Crippen LogP) is -1.44. The summed E-state index contributed by atoms with van der Waals surface area (Å²) in [6, 6.07) is 4.46. The third kappa shape index (κ3) is 4.45. The zero-order valence-electron chi connectivity index (χ0n) is 18.6. The number of halogens is 3. The molecule has 4 amide bonds. The third-order valence-corrected chi connectivity index (χ3v) is 6.49. The van der Waals surface area contributed by atoms with E-state index in [0.717, 1.165) is 6.07 Å². The quantitative estimate of drug-likeness (QED) is 0.388. The Morgan fingerprint density at radius 1 is 1.17 bits per heavy atom. The molecule has 0 aromatic heterocycles. The molecule has 4 rings (SSSR count). The molecule has 36 heavy (non-hydrogen) atoms. The van der Waals surface area contributed by atoms with Crippen LogP contribution in [0.25, 0.3) is 0 Å². The molecule has 2 heterocycles. The minimum atomic E-state index is -4.19. The van der Waals surface area contributed by atoms with Gasteiger partial charge in [0, 0.05) is 35.1 Å². The van der Waals surface area contributed by atoms with E-state index < -0.39 is 58.0 Å². The summed E-state index contributed by atoms with van der Waals surface area (Å²) in [6.07, 6.45) is 0.282. The number of carbonyl (C=O) groups excluding carboxylic acids is 4. The highest BCUT2D eigenvalue weighted by atomic mass is 35.5. The van der Waals surface area contributed by atoms with E-state index in [1.54, 1.807) is 0 Å². The highest BCUT2D eigenvalue weighted by molar-refractivity contribution is 6.57. The van der Waals surface area contributed by atoms with Crippen LogP contribution in [0.15, 0.2) is 24.3 Å². The summed E-state index contributed by atoms with van der Waals surface area (Å²) in [6.45, 7) is 0.0439. The Bertz CT molecular complexity index is 1330. The first kappa shape index (κ1) is 26.0. The second-order valence-electron chi connectivity index (χ2n) is 8.49. The number of rotatable bonds is 5. The van der Waals surface area contributed by atoms with Crippen molar-refractivity contribution in [1.29, 1.82) is 0 Å². The Morgan fingerprint density at radius 2 is 1.86 bits per heavy atom. The standard InChI is InChI=1S/C22H14B4ClF2N3O4/c23-11-6-12(27)16(24)17(25)15(11)22(28,29)21(36)31-18(26)8-1-2-10-9(5-8)7-32(20(10)35)13-3-4-14(33)30-19(13)34/h1-2,5-6,13,18H,3-4,7H2,(H,31,36)(H,30,33,34). The van der Waals surface area contributed by atoms with Crippen molar-refractivity contribution < 1.29 is 28.0 Å². The van der Waals surface area contributed by atoms with Crippen LogP contribution in [-0.4, -0.2) is 66.0 Å². The molecule has 2 atom stereocenters. The first-order chi connectivity index (χ1) is 16.8. The van der Waals surface area contributed by atoms with Crippen LogP contribution < -0.4 is 27.0 Å². The number of nitrogens with zero attached hydrogens (tertiary/aromatic N) is 1. The van der Waals surface area contributed by atoms with E-state index in [4.69, 9.17) is 43.0 Å². The summed E-state index contributed by atoms with van der Waals surface area (Å²) < 4.78 is 30.0. The van der Waals surface area contributed by atoms with Crippen LogP contribution >= 0.6 is 11.6 Å². The SMILES string of the molecule is [B]c1cc(Cl)c([B])c([B])c1C(F)(F)C(=O)NC([B])c1ccc2c(c1)CN(C1CCC(=O)NC1=O)C2=O. The number of carbonyl (C=O) groups is 4. The number of hydrogen-bond acceptors (Lipinski definition) is 4. The Labute approximate surface area is 215 Å². The van der Waals surface area contributed by atoms with Gasteiger partial charge in [0.25, 0.3) is 11.8 Å². The maximum Gasteiger partial charge on any atom is 0.348 e. The maximum absolute atomic E-state index is 15.0. The zero-order valence-corrected chi connectivity index (χ0v) is 19.4. The average molecular weight is 501 g/mol. The van der Waals surface area contributed by atoms with Crippen LogP contribution in [0.3, 0.4) is 0 Å². The summed E-state index contributed by atoms with van der Waals surface area (Å²) in [4.78, 5) is 50.2. The highest BCUT2D eigenvalue weighted by Crippen LogP contribution is 2.30. The monoisotopic (exact) mass is 501 g/mol. The molecule has 2 aliphatic rings. The Kier molecular flexibility index (Phi) is 6.81. The number of piperidine rings is 1. The van der Waals surface area contributed by atoms with Crippen molar-refractivity contribution in [3.05, 3.63) is 51.5 Å². The van der Waals surface area contributed by atoms with Crippen molar-refractivity contribution in [3.63, 3.8) is 0 Å². The van der Waals surface area contributed by atoms with Gasteiger partial charge in [0.1, 0.15) is 37.4 Å². The number of fused-ring (bicyclic) bond motifs is 1. The molecule has 2 aliphatic heterocycles. The minimum Gasteiger partial charge on any atom is -0.352 e. The summed E-state index contributed by atoms with van der Waals surface area (Å²) >= 11 is 5.80. The Balaban J connectivity index is 1.53. The van der Waals surface area contributed by atoms with E-state index in [2.05, 4.69) is 5.32 Å². The number of amides is 4. The molecule has 0 aliphatic carbocycles. The first-order valence-corrected chi connectivity index (χ1v) is 11.1. The summed E-state index contributed by atoms with van der Waals surface area (Å²) in [5.74, 6) is -8.76. The molecule has 2 unspecified atom stereocenters. The zero-order chi connectivity index (χ0) is 26.5. The molecule has 0 bridgehead atoms. The molecule has 174 valence electrons. The Hall–Kier alpha value is -3.07. The van der Waals surface area contributed by atoms with Gasteiger partial charge in [-0.2, -0.15) is 8.78 Å². The molecular formula is C22H14B4ClF2N3O4. The van der Waals surface area contributed by atoms with Gasteiger partial charge in [0.2, 0.25) is 11.8 Å². The lowest BCUT2D eigenvalue weighted by molar-refractivity contribution is -0.147. The van der Waals surface area contributed by atoms with Gasteiger partial charge in [0.15, 0.2) is 0 Å². The fourth-order valence-electron chi connectivity index (χ4n) is 4.27. The minimum absolute atomic E-state index is 0.0439. The van der Waals surface area contributed by atoms with Crippen molar-refractivity contribution in [2.45, 2.75) is 37.3 Å². The van der Waals surface area contributed by atoms with Crippen LogP contribution in [-0.2, 0) is 26.9 Å². The van der Waals surface area contributed by atoms with E-state index in [1.165, 1.54) is 23.1 Å². The van der Waals surface area contributed by atoms with Gasteiger partial charge in [-0.25, -0.2) is 0 Å². The van der Waals surface area contributed by atoms with Crippen molar-refractivity contribution in [2.24, 2.45) is 0 Å². The van der Waals surface area contributed by atoms with Crippen molar-refractivity contribution in [3.8, 4) is 0 Å². The molecule has 7 nitrogen and oxygen atoms in total. The van der Waals surface area contributed by atoms with Gasteiger partial charge in [-0.1, -0.05) is 46.2 Å². The number of alkyl halides is 2. The molecule has 1 fully saturated rings. The number of benzene rings is 2. The number of nitrogens with one attached hydrogen (secondary N) is 2. The van der Waals surface area contributed by atoms with Crippen LogP contribution in [0.5, 0.6) is 0 Å². The molecule has 8 radical (unpaired) electrons. The Morgan fingerprint density at radius 3 is 2.53 bits per heavy atom. The maximum atomic E-state index is 15.0. The smallest absolute Gasteiger partial charge is 0.348 e. The van der Waals surface area contributed by atoms with Gasteiger partial charge in [-0.05, 0) is 23.6 Å². The van der Waals surface area contributed by atoms with Crippen LogP contribution in [0.2, 0.25) is 5.02 Å². The summed E-state index contributed by atoms with van der Waals surface area (Å²) in [7, 11) is 22.9. The van der Waals surface area contributed by atoms with Gasteiger partial charge in [0.05, 0.1) is 0 Å². The van der Waals surface area contributed by atoms with E-state index in [0.29, 0.717) is 11.1 Å². The predicted molar refractivity (Wildman–Crippen MR) is 131 cm³/mol. The van der Waals surface area contributed by atoms with E-state index in [1.807, 2.05) is 5.32 Å². The highest BCUT2D eigenvalue weighted by Gasteiger charge is 2.44. The number of imide groups is 1. The fraction of sp³-hybridized carbons (Fsp3) is 0.273. The normalized spacial score (nSPS) is 18.6. The van der Waals surface area contributed by atoms with Gasteiger partial charge < -0.3 is 10.2 Å². The second kappa shape index (κ2) is 9.42. The fourth-order valence-corrected chi connectivity index (χ4v) is 4.49.